The van der Waals surface area contributed by atoms with Gasteiger partial charge in [-0.15, -0.1) is 0 Å². The van der Waals surface area contributed by atoms with Gasteiger partial charge in [0.2, 0.25) is 23.6 Å². The Morgan fingerprint density at radius 2 is 1.55 bits per heavy atom. The second kappa shape index (κ2) is 17.3. The first-order valence-corrected chi connectivity index (χ1v) is 17.2. The number of aliphatic imine (C=N–C) groups is 1. The number of carboxylic acid groups (broad SMARTS) is 1. The number of carboxylic acids is 1. The summed E-state index contributed by atoms with van der Waals surface area (Å²) in [5.74, 6) is -4.36. The molecule has 3 aromatic carbocycles. The summed E-state index contributed by atoms with van der Waals surface area (Å²) in [5, 5.41) is 18.9. The molecule has 0 saturated heterocycles. The fraction of sp³-hybridized carbons (Fsp3) is 0.316. The highest BCUT2D eigenvalue weighted by Gasteiger charge is 2.36. The van der Waals surface area contributed by atoms with Crippen LogP contribution in [-0.2, 0) is 49.8 Å². The lowest BCUT2D eigenvalue weighted by atomic mass is 9.93. The SMILES string of the molecule is CC(=O)N1Cc2ccccc2C[C@H]1C(=O)N[C@H](Cc1ccc(F)cc1)C(=O)N[C@@H](CCCN=C(N)N)C(=O)N[C@@H](Cc1c[nH]c2ccccc12)C(=O)O. The van der Waals surface area contributed by atoms with Gasteiger partial charge in [-0.25, -0.2) is 9.18 Å². The van der Waals surface area contributed by atoms with Gasteiger partial charge in [0.25, 0.3) is 0 Å². The number of nitrogens with one attached hydrogen (secondary N) is 4. The van der Waals surface area contributed by atoms with Gasteiger partial charge in [0, 0.05) is 56.4 Å². The number of aromatic nitrogens is 1. The van der Waals surface area contributed by atoms with Crippen molar-refractivity contribution in [3.8, 4) is 0 Å². The van der Waals surface area contributed by atoms with Crippen molar-refractivity contribution in [3.05, 3.63) is 107 Å². The van der Waals surface area contributed by atoms with Gasteiger partial charge in [0.05, 0.1) is 0 Å². The molecule has 1 aliphatic rings. The van der Waals surface area contributed by atoms with Crippen molar-refractivity contribution < 1.29 is 33.5 Å². The van der Waals surface area contributed by atoms with E-state index in [1.165, 1.54) is 36.1 Å². The van der Waals surface area contributed by atoms with E-state index in [-0.39, 0.29) is 57.1 Å². The summed E-state index contributed by atoms with van der Waals surface area (Å²) < 4.78 is 13.8. The van der Waals surface area contributed by atoms with Crippen LogP contribution >= 0.6 is 0 Å². The summed E-state index contributed by atoms with van der Waals surface area (Å²) in [6, 6.07) is 15.4. The predicted molar refractivity (Wildman–Crippen MR) is 196 cm³/mol. The van der Waals surface area contributed by atoms with Crippen LogP contribution in [0.4, 0.5) is 4.39 Å². The number of H-pyrrole nitrogens is 1. The van der Waals surface area contributed by atoms with Crippen molar-refractivity contribution in [1.29, 1.82) is 0 Å². The first-order chi connectivity index (χ1) is 25.4. The van der Waals surface area contributed by atoms with Gasteiger partial charge in [0.15, 0.2) is 5.96 Å². The molecule has 0 saturated carbocycles. The molecule has 15 heteroatoms. The van der Waals surface area contributed by atoms with Crippen LogP contribution < -0.4 is 27.4 Å². The van der Waals surface area contributed by atoms with Crippen LogP contribution in [0.5, 0.6) is 0 Å². The van der Waals surface area contributed by atoms with Crippen molar-refractivity contribution in [1.82, 2.24) is 25.8 Å². The van der Waals surface area contributed by atoms with Crippen LogP contribution in [0, 0.1) is 5.82 Å². The third-order valence-electron chi connectivity index (χ3n) is 9.23. The van der Waals surface area contributed by atoms with E-state index in [2.05, 4.69) is 25.9 Å². The molecule has 0 bridgehead atoms. The molecule has 4 amide bonds. The molecule has 1 aromatic heterocycles. The number of aliphatic carboxylic acids is 1. The maximum atomic E-state index is 14.1. The molecule has 0 radical (unpaired) electrons. The number of carbonyl (C=O) groups excluding carboxylic acids is 4. The molecule has 14 nitrogen and oxygen atoms in total. The molecule has 0 fully saturated rings. The van der Waals surface area contributed by atoms with Crippen LogP contribution in [0.15, 0.2) is 84.0 Å². The molecule has 2 heterocycles. The van der Waals surface area contributed by atoms with Gasteiger partial charge >= 0.3 is 5.97 Å². The molecule has 4 aromatic rings. The zero-order valence-corrected chi connectivity index (χ0v) is 29.2. The summed E-state index contributed by atoms with van der Waals surface area (Å²) in [4.78, 5) is 75.3. The van der Waals surface area contributed by atoms with Crippen molar-refractivity contribution in [2.24, 2.45) is 16.5 Å². The first-order valence-electron chi connectivity index (χ1n) is 17.2. The highest BCUT2D eigenvalue weighted by atomic mass is 19.1. The standard InChI is InChI=1S/C38H43FN8O6/c1-22(48)47-21-25-8-3-2-7-24(25)19-33(47)36(51)45-31(17-23-12-14-27(39)15-13-23)35(50)44-30(11-6-16-42-38(40)41)34(49)46-32(37(52)53)18-26-20-43-29-10-5-4-9-28(26)29/h2-5,7-10,12-15,20,30-33,43H,6,11,16-19,21H2,1H3,(H,44,50)(H,45,51)(H,46,49)(H,52,53)(H4,40,41,42)/t30-,31+,32-,33-/m0/s1. The summed E-state index contributed by atoms with van der Waals surface area (Å²) >= 11 is 0. The van der Waals surface area contributed by atoms with Crippen molar-refractivity contribution in [2.45, 2.75) is 69.7 Å². The Kier molecular flexibility index (Phi) is 12.4. The lowest BCUT2D eigenvalue weighted by molar-refractivity contribution is -0.142. The number of aromatic amines is 1. The summed E-state index contributed by atoms with van der Waals surface area (Å²) in [5.41, 5.74) is 14.7. The molecule has 5 rings (SSSR count). The summed E-state index contributed by atoms with van der Waals surface area (Å²) in [7, 11) is 0. The zero-order chi connectivity index (χ0) is 38.1. The van der Waals surface area contributed by atoms with Crippen LogP contribution in [0.1, 0.15) is 42.0 Å². The van der Waals surface area contributed by atoms with Crippen LogP contribution in [-0.4, -0.2) is 81.3 Å². The van der Waals surface area contributed by atoms with Crippen molar-refractivity contribution in [2.75, 3.05) is 6.54 Å². The van der Waals surface area contributed by atoms with E-state index in [1.807, 2.05) is 48.5 Å². The van der Waals surface area contributed by atoms with E-state index < -0.39 is 53.7 Å². The van der Waals surface area contributed by atoms with E-state index in [9.17, 15) is 33.5 Å². The fourth-order valence-corrected chi connectivity index (χ4v) is 6.46. The topological polar surface area (TPSA) is 225 Å². The lowest BCUT2D eigenvalue weighted by Crippen LogP contribution is -2.59. The van der Waals surface area contributed by atoms with E-state index in [0.29, 0.717) is 11.1 Å². The molecule has 4 atom stereocenters. The summed E-state index contributed by atoms with van der Waals surface area (Å²) in [6.07, 6.45) is 2.03. The van der Waals surface area contributed by atoms with Gasteiger partial charge in [-0.05, 0) is 53.3 Å². The zero-order valence-electron chi connectivity index (χ0n) is 29.2. The Hall–Kier alpha value is -6.25. The van der Waals surface area contributed by atoms with Gasteiger partial charge < -0.3 is 42.4 Å². The quantitative estimate of drug-likeness (QED) is 0.0541. The van der Waals surface area contributed by atoms with E-state index >= 15 is 0 Å². The average Bonchev–Trinajstić information content (AvgIpc) is 3.54. The molecule has 0 aliphatic carbocycles. The van der Waals surface area contributed by atoms with Gasteiger partial charge in [-0.2, -0.15) is 0 Å². The fourth-order valence-electron chi connectivity index (χ4n) is 6.46. The van der Waals surface area contributed by atoms with E-state index in [0.717, 1.165) is 22.0 Å². The molecule has 53 heavy (non-hydrogen) atoms. The largest absolute Gasteiger partial charge is 0.480 e. The normalized spacial score (nSPS) is 15.4. The minimum atomic E-state index is -1.35. The number of amides is 4. The Bertz CT molecular complexity index is 1990. The monoisotopic (exact) mass is 726 g/mol. The molecular weight excluding hydrogens is 683 g/mol. The Morgan fingerprint density at radius 1 is 0.887 bits per heavy atom. The Balaban J connectivity index is 1.38. The lowest BCUT2D eigenvalue weighted by Gasteiger charge is -2.36. The molecule has 278 valence electrons. The number of rotatable bonds is 15. The third-order valence-corrected chi connectivity index (χ3v) is 9.23. The second-order valence-corrected chi connectivity index (χ2v) is 13.0. The minimum Gasteiger partial charge on any atom is -0.480 e. The van der Waals surface area contributed by atoms with Gasteiger partial charge in [0.1, 0.15) is 30.0 Å². The van der Waals surface area contributed by atoms with Crippen LogP contribution in [0.25, 0.3) is 10.9 Å². The van der Waals surface area contributed by atoms with E-state index in [1.54, 1.807) is 6.20 Å². The highest BCUT2D eigenvalue weighted by Crippen LogP contribution is 2.24. The van der Waals surface area contributed by atoms with Crippen LogP contribution in [0.2, 0.25) is 0 Å². The maximum Gasteiger partial charge on any atom is 0.326 e. The molecule has 9 N–H and O–H groups in total. The Labute approximate surface area is 305 Å². The number of guanidine groups is 1. The van der Waals surface area contributed by atoms with Gasteiger partial charge in [-0.1, -0.05) is 54.6 Å². The average molecular weight is 727 g/mol. The number of hydrogen-bond donors (Lipinski definition) is 7. The predicted octanol–water partition coefficient (Wildman–Crippen LogP) is 1.66. The molecular formula is C38H43FN8O6. The minimum absolute atomic E-state index is 0.0164. The van der Waals surface area contributed by atoms with Crippen molar-refractivity contribution >= 4 is 46.5 Å². The molecule has 0 spiro atoms. The van der Waals surface area contributed by atoms with Gasteiger partial charge in [-0.3, -0.25) is 24.2 Å². The maximum absolute atomic E-state index is 14.1. The van der Waals surface area contributed by atoms with E-state index in [4.69, 9.17) is 11.5 Å². The number of carbonyl (C=O) groups is 5. The van der Waals surface area contributed by atoms with Crippen LogP contribution in [0.3, 0.4) is 0 Å². The number of fused-ring (bicyclic) bond motifs is 2. The third kappa shape index (κ3) is 9.96. The Morgan fingerprint density at radius 3 is 2.25 bits per heavy atom. The molecule has 1 aliphatic heterocycles. The number of hydrogen-bond acceptors (Lipinski definition) is 6. The number of benzene rings is 3. The number of nitrogens with two attached hydrogens (primary N) is 2. The molecule has 0 unspecified atom stereocenters. The highest BCUT2D eigenvalue weighted by molar-refractivity contribution is 5.95. The number of halogens is 1. The number of nitrogens with zero attached hydrogens (tertiary/aromatic N) is 2. The first kappa shape index (κ1) is 38.0. The number of para-hydroxylation sites is 1. The smallest absolute Gasteiger partial charge is 0.326 e. The summed E-state index contributed by atoms with van der Waals surface area (Å²) in [6.45, 7) is 1.70. The van der Waals surface area contributed by atoms with Crippen molar-refractivity contribution in [3.63, 3.8) is 0 Å². The second-order valence-electron chi connectivity index (χ2n) is 13.0.